The van der Waals surface area contributed by atoms with E-state index < -0.39 is 0 Å². The van der Waals surface area contributed by atoms with Crippen LogP contribution in [0, 0.1) is 17.0 Å². The Kier molecular flexibility index (Phi) is 5.58. The molecule has 1 rings (SSSR count). The van der Waals surface area contributed by atoms with Crippen LogP contribution >= 0.6 is 0 Å². The van der Waals surface area contributed by atoms with Crippen LogP contribution in [0.5, 0.6) is 0 Å². The van der Waals surface area contributed by atoms with Gasteiger partial charge in [0.25, 0.3) is 5.69 Å². The lowest BCUT2D eigenvalue weighted by Crippen LogP contribution is -2.25. The zero-order valence-electron chi connectivity index (χ0n) is 11.1. The minimum Gasteiger partial charge on any atom is -0.383 e. The van der Waals surface area contributed by atoms with Gasteiger partial charge in [0.2, 0.25) is 0 Å². The fourth-order valence-electron chi connectivity index (χ4n) is 1.89. The van der Waals surface area contributed by atoms with Crippen molar-refractivity contribution >= 4 is 11.4 Å². The summed E-state index contributed by atoms with van der Waals surface area (Å²) >= 11 is 0. The van der Waals surface area contributed by atoms with Gasteiger partial charge in [-0.3, -0.25) is 10.1 Å². The molecule has 5 heteroatoms. The molecule has 100 valence electrons. The van der Waals surface area contributed by atoms with E-state index in [1.54, 1.807) is 19.2 Å². The van der Waals surface area contributed by atoms with Gasteiger partial charge in [-0.15, -0.1) is 0 Å². The van der Waals surface area contributed by atoms with Crippen LogP contribution in [0.15, 0.2) is 18.2 Å². The van der Waals surface area contributed by atoms with Gasteiger partial charge < -0.3 is 10.1 Å². The van der Waals surface area contributed by atoms with E-state index in [2.05, 4.69) is 12.2 Å². The van der Waals surface area contributed by atoms with Crippen molar-refractivity contribution in [1.82, 2.24) is 0 Å². The SMILES string of the molecule is CCCC(COC)Nc1ccc([N+](=O)[O-])cc1C. The first-order valence-electron chi connectivity index (χ1n) is 6.09. The number of non-ortho nitro benzene ring substituents is 1. The number of nitro groups is 1. The zero-order chi connectivity index (χ0) is 13.5. The lowest BCUT2D eigenvalue weighted by atomic mass is 10.1. The molecule has 0 radical (unpaired) electrons. The molecule has 0 saturated carbocycles. The van der Waals surface area contributed by atoms with Gasteiger partial charge >= 0.3 is 0 Å². The van der Waals surface area contributed by atoms with Crippen LogP contribution in [0.25, 0.3) is 0 Å². The van der Waals surface area contributed by atoms with Gasteiger partial charge in [-0.2, -0.15) is 0 Å². The molecule has 0 spiro atoms. The summed E-state index contributed by atoms with van der Waals surface area (Å²) in [5.74, 6) is 0. The highest BCUT2D eigenvalue weighted by Gasteiger charge is 2.11. The van der Waals surface area contributed by atoms with E-state index in [-0.39, 0.29) is 16.7 Å². The standard InChI is InChI=1S/C13H20N2O3/c1-4-5-11(9-18-3)14-13-7-6-12(15(16)17)8-10(13)2/h6-8,11,14H,4-5,9H2,1-3H3. The lowest BCUT2D eigenvalue weighted by Gasteiger charge is -2.19. The number of hydrogen-bond donors (Lipinski definition) is 1. The fourth-order valence-corrected chi connectivity index (χ4v) is 1.89. The van der Waals surface area contributed by atoms with Crippen molar-refractivity contribution in [2.75, 3.05) is 19.0 Å². The van der Waals surface area contributed by atoms with E-state index in [1.807, 2.05) is 6.92 Å². The minimum atomic E-state index is -0.380. The summed E-state index contributed by atoms with van der Waals surface area (Å²) in [7, 11) is 1.67. The maximum absolute atomic E-state index is 10.7. The van der Waals surface area contributed by atoms with Crippen molar-refractivity contribution in [3.8, 4) is 0 Å². The average molecular weight is 252 g/mol. The van der Waals surface area contributed by atoms with Gasteiger partial charge in [-0.05, 0) is 25.0 Å². The van der Waals surface area contributed by atoms with Gasteiger partial charge in [0.05, 0.1) is 11.5 Å². The molecule has 0 fully saturated rings. The molecule has 1 unspecified atom stereocenters. The Morgan fingerprint density at radius 3 is 2.72 bits per heavy atom. The predicted octanol–water partition coefficient (Wildman–Crippen LogP) is 3.13. The Labute approximate surface area is 107 Å². The highest BCUT2D eigenvalue weighted by molar-refractivity contribution is 5.55. The van der Waals surface area contributed by atoms with Gasteiger partial charge in [0.1, 0.15) is 0 Å². The maximum Gasteiger partial charge on any atom is 0.269 e. The Morgan fingerprint density at radius 1 is 1.50 bits per heavy atom. The molecule has 0 saturated heterocycles. The molecule has 0 amide bonds. The van der Waals surface area contributed by atoms with E-state index in [1.165, 1.54) is 6.07 Å². The summed E-state index contributed by atoms with van der Waals surface area (Å²) < 4.78 is 5.16. The van der Waals surface area contributed by atoms with E-state index in [9.17, 15) is 10.1 Å². The summed E-state index contributed by atoms with van der Waals surface area (Å²) in [5, 5.41) is 14.0. The Bertz CT molecular complexity index is 401. The van der Waals surface area contributed by atoms with Crippen LogP contribution in [-0.4, -0.2) is 24.7 Å². The largest absolute Gasteiger partial charge is 0.383 e. The van der Waals surface area contributed by atoms with Crippen molar-refractivity contribution in [2.24, 2.45) is 0 Å². The number of methoxy groups -OCH3 is 1. The van der Waals surface area contributed by atoms with Crippen LogP contribution in [-0.2, 0) is 4.74 Å². The van der Waals surface area contributed by atoms with Crippen molar-refractivity contribution in [1.29, 1.82) is 0 Å². The summed E-state index contributed by atoms with van der Waals surface area (Å²) in [6, 6.07) is 5.09. The number of ether oxygens (including phenoxy) is 1. The Hall–Kier alpha value is -1.62. The third-order valence-corrected chi connectivity index (χ3v) is 2.79. The third kappa shape index (κ3) is 4.00. The number of hydrogen-bond acceptors (Lipinski definition) is 4. The van der Waals surface area contributed by atoms with Crippen LogP contribution < -0.4 is 5.32 Å². The second kappa shape index (κ2) is 6.96. The Morgan fingerprint density at radius 2 is 2.22 bits per heavy atom. The molecule has 5 nitrogen and oxygen atoms in total. The van der Waals surface area contributed by atoms with Crippen LogP contribution in [0.1, 0.15) is 25.3 Å². The number of benzene rings is 1. The third-order valence-electron chi connectivity index (χ3n) is 2.79. The first-order chi connectivity index (χ1) is 8.58. The summed E-state index contributed by atoms with van der Waals surface area (Å²) in [4.78, 5) is 10.3. The molecule has 0 aromatic heterocycles. The topological polar surface area (TPSA) is 64.4 Å². The van der Waals surface area contributed by atoms with E-state index in [4.69, 9.17) is 4.74 Å². The molecule has 0 aliphatic carbocycles. The number of aryl methyl sites for hydroxylation is 1. The molecule has 18 heavy (non-hydrogen) atoms. The molecular weight excluding hydrogens is 232 g/mol. The fraction of sp³-hybridized carbons (Fsp3) is 0.538. The van der Waals surface area contributed by atoms with Gasteiger partial charge in [0.15, 0.2) is 0 Å². The maximum atomic E-state index is 10.7. The monoisotopic (exact) mass is 252 g/mol. The molecule has 1 aromatic carbocycles. The van der Waals surface area contributed by atoms with Gasteiger partial charge in [-0.25, -0.2) is 0 Å². The number of nitro benzene ring substituents is 1. The quantitative estimate of drug-likeness (QED) is 0.598. The first kappa shape index (κ1) is 14.4. The average Bonchev–Trinajstić information content (AvgIpc) is 2.32. The highest BCUT2D eigenvalue weighted by Crippen LogP contribution is 2.22. The van der Waals surface area contributed by atoms with E-state index in [0.717, 1.165) is 24.1 Å². The van der Waals surface area contributed by atoms with Crippen molar-refractivity contribution < 1.29 is 9.66 Å². The Balaban J connectivity index is 2.79. The second-order valence-electron chi connectivity index (χ2n) is 4.34. The zero-order valence-corrected chi connectivity index (χ0v) is 11.1. The van der Waals surface area contributed by atoms with Crippen LogP contribution in [0.2, 0.25) is 0 Å². The molecule has 1 aromatic rings. The van der Waals surface area contributed by atoms with Crippen molar-refractivity contribution in [2.45, 2.75) is 32.7 Å². The minimum absolute atomic E-state index is 0.122. The molecule has 1 atom stereocenters. The van der Waals surface area contributed by atoms with Gasteiger partial charge in [-0.1, -0.05) is 13.3 Å². The molecule has 0 heterocycles. The molecule has 0 bridgehead atoms. The normalized spacial score (nSPS) is 12.2. The number of nitrogens with zero attached hydrogens (tertiary/aromatic N) is 1. The predicted molar refractivity (Wildman–Crippen MR) is 72.0 cm³/mol. The number of nitrogens with one attached hydrogen (secondary N) is 1. The number of rotatable bonds is 7. The van der Waals surface area contributed by atoms with Gasteiger partial charge in [0, 0.05) is 31.0 Å². The van der Waals surface area contributed by atoms with Crippen LogP contribution in [0.4, 0.5) is 11.4 Å². The smallest absolute Gasteiger partial charge is 0.269 e. The summed E-state index contributed by atoms with van der Waals surface area (Å²) in [6.07, 6.45) is 2.07. The van der Waals surface area contributed by atoms with E-state index >= 15 is 0 Å². The van der Waals surface area contributed by atoms with Crippen molar-refractivity contribution in [3.05, 3.63) is 33.9 Å². The molecule has 1 N–H and O–H groups in total. The highest BCUT2D eigenvalue weighted by atomic mass is 16.6. The second-order valence-corrected chi connectivity index (χ2v) is 4.34. The first-order valence-corrected chi connectivity index (χ1v) is 6.09. The molecular formula is C13H20N2O3. The lowest BCUT2D eigenvalue weighted by molar-refractivity contribution is -0.384. The van der Waals surface area contributed by atoms with Crippen LogP contribution in [0.3, 0.4) is 0 Å². The summed E-state index contributed by atoms with van der Waals surface area (Å²) in [5.41, 5.74) is 1.93. The van der Waals surface area contributed by atoms with E-state index in [0.29, 0.717) is 6.61 Å². The van der Waals surface area contributed by atoms with Crippen molar-refractivity contribution in [3.63, 3.8) is 0 Å². The number of anilines is 1. The summed E-state index contributed by atoms with van der Waals surface area (Å²) in [6.45, 7) is 4.61. The molecule has 0 aliphatic heterocycles. The molecule has 0 aliphatic rings.